The molecular weight excluding hydrogens is 632 g/mol. The van der Waals surface area contributed by atoms with Gasteiger partial charge in [-0.05, 0) is 74.5 Å². The van der Waals surface area contributed by atoms with Gasteiger partial charge in [0.2, 0.25) is 11.6 Å². The molecular formula is C33H31F2N5O6S. The molecule has 0 amide bonds. The van der Waals surface area contributed by atoms with Crippen molar-refractivity contribution >= 4 is 28.8 Å². The van der Waals surface area contributed by atoms with Gasteiger partial charge in [0, 0.05) is 40.1 Å². The van der Waals surface area contributed by atoms with E-state index in [4.69, 9.17) is 25.4 Å². The summed E-state index contributed by atoms with van der Waals surface area (Å²) >= 11 is 0. The van der Waals surface area contributed by atoms with Crippen molar-refractivity contribution in [1.82, 2.24) is 9.88 Å². The largest absolute Gasteiger partial charge is 0.504 e. The molecule has 0 spiro atoms. The van der Waals surface area contributed by atoms with Crippen LogP contribution in [0.15, 0.2) is 81.6 Å². The minimum atomic E-state index is -1.63. The zero-order chi connectivity index (χ0) is 33.7. The van der Waals surface area contributed by atoms with Crippen molar-refractivity contribution in [2.45, 2.75) is 35.7 Å². The van der Waals surface area contributed by atoms with Gasteiger partial charge in [-0.3, -0.25) is 20.1 Å². The highest BCUT2D eigenvalue weighted by atomic mass is 32.2. The van der Waals surface area contributed by atoms with Crippen LogP contribution in [0.4, 0.5) is 8.78 Å². The first kappa shape index (κ1) is 33.2. The standard InChI is InChI=1S/C33H31F2N5O6S/c1-3-44-28(42)13-6-19-4-8-21(9-5-19)47(43)22-10-12-26(23(17-22)32-38-14-15-40(32)2)45-30-24(34)18-39-33(29(30)35)46-27-16-20(31(36)37)7-11-25(27)41/h4-5,7-12,14,16-18,32,41H,3,6,13,15H2,1-2H3,(H3,36,37). The fourth-order valence-corrected chi connectivity index (χ4v) is 5.79. The number of pyridine rings is 1. The van der Waals surface area contributed by atoms with Crippen molar-refractivity contribution in [2.24, 2.45) is 10.7 Å². The number of carbonyl (C=O) groups excluding carboxylic acids is 1. The number of nitrogen functional groups attached to an aromatic ring is 1. The third-order valence-electron chi connectivity index (χ3n) is 7.16. The Morgan fingerprint density at radius 1 is 1.09 bits per heavy atom. The highest BCUT2D eigenvalue weighted by Gasteiger charge is 2.27. The van der Waals surface area contributed by atoms with Gasteiger partial charge in [-0.15, -0.1) is 0 Å². The molecule has 3 aromatic carbocycles. The van der Waals surface area contributed by atoms with Crippen LogP contribution in [-0.2, 0) is 26.8 Å². The van der Waals surface area contributed by atoms with Crippen LogP contribution in [0.3, 0.4) is 0 Å². The van der Waals surface area contributed by atoms with Gasteiger partial charge in [-0.25, -0.2) is 13.6 Å². The summed E-state index contributed by atoms with van der Waals surface area (Å²) in [5.74, 6) is -5.13. The average Bonchev–Trinajstić information content (AvgIpc) is 3.49. The predicted octanol–water partition coefficient (Wildman–Crippen LogP) is 5.61. The van der Waals surface area contributed by atoms with Crippen LogP contribution >= 0.6 is 0 Å². The van der Waals surface area contributed by atoms with Crippen molar-refractivity contribution in [1.29, 1.82) is 5.41 Å². The van der Waals surface area contributed by atoms with E-state index in [9.17, 15) is 18.5 Å². The number of aromatic nitrogens is 1. The summed E-state index contributed by atoms with van der Waals surface area (Å²) in [6, 6.07) is 15.4. The summed E-state index contributed by atoms with van der Waals surface area (Å²) in [4.78, 5) is 22.6. The molecule has 5 rings (SSSR count). The topological polar surface area (TPSA) is 160 Å². The van der Waals surface area contributed by atoms with Gasteiger partial charge in [0.05, 0.1) is 23.6 Å². The fourth-order valence-electron chi connectivity index (χ4n) is 4.71. The van der Waals surface area contributed by atoms with E-state index in [2.05, 4.69) is 9.98 Å². The number of nitrogens with one attached hydrogen (secondary N) is 1. The molecule has 1 aliphatic rings. The van der Waals surface area contributed by atoms with Crippen LogP contribution in [0.25, 0.3) is 0 Å². The maximum absolute atomic E-state index is 15.7. The molecule has 2 heterocycles. The summed E-state index contributed by atoms with van der Waals surface area (Å²) in [5, 5.41) is 17.8. The molecule has 14 heteroatoms. The molecule has 0 saturated heterocycles. The lowest BCUT2D eigenvalue weighted by Crippen LogP contribution is -2.19. The van der Waals surface area contributed by atoms with Crippen LogP contribution < -0.4 is 15.2 Å². The van der Waals surface area contributed by atoms with Crippen LogP contribution in [0.2, 0.25) is 0 Å². The lowest BCUT2D eigenvalue weighted by Gasteiger charge is -2.22. The van der Waals surface area contributed by atoms with E-state index in [0.29, 0.717) is 41.1 Å². The summed E-state index contributed by atoms with van der Waals surface area (Å²) in [5.41, 5.74) is 6.99. The Balaban J connectivity index is 1.43. The number of halogens is 2. The van der Waals surface area contributed by atoms with Gasteiger partial charge in [-0.1, -0.05) is 12.1 Å². The van der Waals surface area contributed by atoms with Crippen molar-refractivity contribution in [3.05, 3.63) is 95.2 Å². The first-order valence-corrected chi connectivity index (χ1v) is 15.6. The molecule has 0 fully saturated rings. The zero-order valence-electron chi connectivity index (χ0n) is 25.4. The second-order valence-corrected chi connectivity index (χ2v) is 11.9. The van der Waals surface area contributed by atoms with Crippen LogP contribution in [-0.4, -0.2) is 57.4 Å². The van der Waals surface area contributed by atoms with Crippen molar-refractivity contribution in [2.75, 3.05) is 20.2 Å². The quantitative estimate of drug-likeness (QED) is 0.0994. The number of aryl methyl sites for hydroxylation is 1. The third kappa shape index (κ3) is 7.61. The summed E-state index contributed by atoms with van der Waals surface area (Å²) in [6.45, 7) is 2.57. The molecule has 1 aromatic heterocycles. The lowest BCUT2D eigenvalue weighted by molar-refractivity contribution is -0.143. The van der Waals surface area contributed by atoms with E-state index in [1.54, 1.807) is 50.5 Å². The first-order valence-electron chi connectivity index (χ1n) is 14.4. The first-order chi connectivity index (χ1) is 22.5. The Hall–Kier alpha value is -5.21. The van der Waals surface area contributed by atoms with Gasteiger partial charge >= 0.3 is 5.97 Å². The minimum absolute atomic E-state index is 0.0485. The number of hydrogen-bond acceptors (Lipinski definition) is 10. The van der Waals surface area contributed by atoms with Gasteiger partial charge in [0.25, 0.3) is 5.88 Å². The number of benzene rings is 3. The highest BCUT2D eigenvalue weighted by Crippen LogP contribution is 2.40. The Kier molecular flexibility index (Phi) is 10.2. The number of nitrogens with two attached hydrogens (primary N) is 1. The van der Waals surface area contributed by atoms with Gasteiger partial charge in [-0.2, -0.15) is 4.39 Å². The maximum atomic E-state index is 15.7. The molecule has 244 valence electrons. The Bertz CT molecular complexity index is 1870. The fraction of sp³-hybridized carbons (Fsp3) is 0.212. The van der Waals surface area contributed by atoms with E-state index in [1.807, 2.05) is 4.90 Å². The number of hydrogen-bond donors (Lipinski definition) is 3. The number of nitrogens with zero attached hydrogens (tertiary/aromatic N) is 3. The molecule has 0 bridgehead atoms. The molecule has 0 aliphatic carbocycles. The van der Waals surface area contributed by atoms with E-state index < -0.39 is 40.2 Å². The number of amidine groups is 1. The number of carbonyl (C=O) groups is 1. The number of phenols is 1. The molecule has 0 radical (unpaired) electrons. The number of phenolic OH excluding ortho intramolecular Hbond substituents is 1. The Morgan fingerprint density at radius 3 is 2.51 bits per heavy atom. The number of esters is 1. The summed E-state index contributed by atoms with van der Waals surface area (Å²) in [7, 11) is 0.173. The van der Waals surface area contributed by atoms with Crippen molar-refractivity contribution in [3.63, 3.8) is 0 Å². The second kappa shape index (κ2) is 14.5. The van der Waals surface area contributed by atoms with Crippen LogP contribution in [0, 0.1) is 17.0 Å². The van der Waals surface area contributed by atoms with Crippen molar-refractivity contribution in [3.8, 4) is 28.9 Å². The minimum Gasteiger partial charge on any atom is -0.504 e. The van der Waals surface area contributed by atoms with E-state index in [-0.39, 0.29) is 41.0 Å². The molecule has 47 heavy (non-hydrogen) atoms. The zero-order valence-corrected chi connectivity index (χ0v) is 26.2. The molecule has 2 unspecified atom stereocenters. The molecule has 2 atom stereocenters. The monoisotopic (exact) mass is 663 g/mol. The smallest absolute Gasteiger partial charge is 0.306 e. The molecule has 4 N–H and O–H groups in total. The third-order valence-corrected chi connectivity index (χ3v) is 8.54. The van der Waals surface area contributed by atoms with Gasteiger partial charge in [0.15, 0.2) is 17.3 Å². The van der Waals surface area contributed by atoms with E-state index in [1.165, 1.54) is 30.3 Å². The molecule has 4 aromatic rings. The van der Waals surface area contributed by atoms with E-state index >= 15 is 4.39 Å². The number of aromatic hydroxyl groups is 1. The van der Waals surface area contributed by atoms with Crippen molar-refractivity contribution < 1.29 is 37.1 Å². The second-order valence-electron chi connectivity index (χ2n) is 10.4. The predicted molar refractivity (Wildman–Crippen MR) is 170 cm³/mol. The number of rotatable bonds is 12. The van der Waals surface area contributed by atoms with Gasteiger partial charge < -0.3 is 25.1 Å². The van der Waals surface area contributed by atoms with Gasteiger partial charge in [0.1, 0.15) is 17.8 Å². The number of ether oxygens (including phenoxy) is 3. The Morgan fingerprint density at radius 2 is 1.83 bits per heavy atom. The molecule has 11 nitrogen and oxygen atoms in total. The molecule has 0 saturated carbocycles. The lowest BCUT2D eigenvalue weighted by atomic mass is 10.1. The molecule has 1 aliphatic heterocycles. The SMILES string of the molecule is CCOC(=O)CCc1ccc(S(=O)c2ccc(Oc3c(F)cnc(Oc4cc(C(=N)N)ccc4O)c3F)c(C3N=CCN3C)c2)cc1. The summed E-state index contributed by atoms with van der Waals surface area (Å²) in [6.07, 6.45) is 2.52. The van der Waals surface area contributed by atoms with Crippen LogP contribution in [0.1, 0.15) is 36.2 Å². The van der Waals surface area contributed by atoms with Crippen LogP contribution in [0.5, 0.6) is 28.9 Å². The summed E-state index contributed by atoms with van der Waals surface area (Å²) < 4.78 is 60.5. The maximum Gasteiger partial charge on any atom is 0.306 e. The Labute approximate surface area is 271 Å². The number of aliphatic imine (C=N–C) groups is 1. The average molecular weight is 664 g/mol. The highest BCUT2D eigenvalue weighted by molar-refractivity contribution is 7.85. The van der Waals surface area contributed by atoms with E-state index in [0.717, 1.165) is 5.56 Å². The normalized spacial score (nSPS) is 14.9.